The van der Waals surface area contributed by atoms with Gasteiger partial charge in [-0.25, -0.2) is 4.99 Å². The second-order valence-corrected chi connectivity index (χ2v) is 4.09. The van der Waals surface area contributed by atoms with Gasteiger partial charge in [0.1, 0.15) is 5.84 Å². The monoisotopic (exact) mass is 218 g/mol. The zero-order valence-corrected chi connectivity index (χ0v) is 9.94. The fraction of sp³-hybridized carbons (Fsp3) is 0.462. The molecule has 0 aromatic heterocycles. The van der Waals surface area contributed by atoms with E-state index in [4.69, 9.17) is 4.74 Å². The number of aryl methyl sites for hydroxylation is 1. The molecule has 1 aromatic rings. The summed E-state index contributed by atoms with van der Waals surface area (Å²) < 4.78 is 5.32. The van der Waals surface area contributed by atoms with E-state index in [0.717, 1.165) is 37.8 Å². The number of nitrogens with zero attached hydrogens (tertiary/aromatic N) is 2. The van der Waals surface area contributed by atoms with Crippen molar-refractivity contribution in [1.82, 2.24) is 4.90 Å². The van der Waals surface area contributed by atoms with E-state index < -0.39 is 0 Å². The second kappa shape index (κ2) is 5.12. The van der Waals surface area contributed by atoms with E-state index in [1.807, 2.05) is 0 Å². The van der Waals surface area contributed by atoms with Crippen LogP contribution in [0, 0.1) is 6.92 Å². The standard InChI is InChI=1S/C13H18N2O/c1-11-3-5-13(6-4-11)14-12(2)15-7-9-16-10-8-15/h3-6H,7-10H2,1-2H3. The molecule has 1 fully saturated rings. The van der Waals surface area contributed by atoms with Gasteiger partial charge >= 0.3 is 0 Å². The molecule has 0 spiro atoms. The number of rotatable bonds is 1. The van der Waals surface area contributed by atoms with Crippen molar-refractivity contribution in [3.8, 4) is 0 Å². The topological polar surface area (TPSA) is 24.8 Å². The van der Waals surface area contributed by atoms with Crippen LogP contribution in [0.5, 0.6) is 0 Å². The highest BCUT2D eigenvalue weighted by Crippen LogP contribution is 2.14. The molecule has 86 valence electrons. The smallest absolute Gasteiger partial charge is 0.102 e. The molecule has 0 bridgehead atoms. The van der Waals surface area contributed by atoms with Gasteiger partial charge in [0.2, 0.25) is 0 Å². The van der Waals surface area contributed by atoms with E-state index in [1.165, 1.54) is 5.56 Å². The number of amidine groups is 1. The Kier molecular flexibility index (Phi) is 3.57. The van der Waals surface area contributed by atoms with Crippen LogP contribution in [0.3, 0.4) is 0 Å². The third-order valence-electron chi connectivity index (χ3n) is 2.79. The summed E-state index contributed by atoms with van der Waals surface area (Å²) in [4.78, 5) is 6.88. The van der Waals surface area contributed by atoms with Crippen LogP contribution in [0.4, 0.5) is 5.69 Å². The molecule has 0 unspecified atom stereocenters. The zero-order chi connectivity index (χ0) is 11.4. The van der Waals surface area contributed by atoms with Crippen molar-refractivity contribution in [1.29, 1.82) is 0 Å². The summed E-state index contributed by atoms with van der Waals surface area (Å²) in [6.07, 6.45) is 0. The molecule has 16 heavy (non-hydrogen) atoms. The first-order chi connectivity index (χ1) is 7.75. The lowest BCUT2D eigenvalue weighted by Gasteiger charge is -2.28. The average Bonchev–Trinajstić information content (AvgIpc) is 2.33. The van der Waals surface area contributed by atoms with Crippen molar-refractivity contribution < 1.29 is 4.74 Å². The van der Waals surface area contributed by atoms with Crippen LogP contribution < -0.4 is 0 Å². The van der Waals surface area contributed by atoms with Gasteiger partial charge in [-0.05, 0) is 26.0 Å². The maximum atomic E-state index is 5.32. The number of hydrogen-bond acceptors (Lipinski definition) is 2. The molecule has 1 aromatic carbocycles. The van der Waals surface area contributed by atoms with Crippen molar-refractivity contribution >= 4 is 11.5 Å². The van der Waals surface area contributed by atoms with Gasteiger partial charge in [0.25, 0.3) is 0 Å². The number of aliphatic imine (C=N–C) groups is 1. The largest absolute Gasteiger partial charge is 0.378 e. The van der Waals surface area contributed by atoms with Crippen molar-refractivity contribution in [2.24, 2.45) is 4.99 Å². The predicted octanol–water partition coefficient (Wildman–Crippen LogP) is 2.38. The van der Waals surface area contributed by atoms with E-state index in [-0.39, 0.29) is 0 Å². The molecule has 1 aliphatic heterocycles. The minimum absolute atomic E-state index is 0.806. The van der Waals surface area contributed by atoms with Crippen LogP contribution in [0.15, 0.2) is 29.3 Å². The SMILES string of the molecule is CC(=Nc1ccc(C)cc1)N1CCOCC1. The molecule has 1 heterocycles. The van der Waals surface area contributed by atoms with Crippen molar-refractivity contribution in [3.05, 3.63) is 29.8 Å². The Morgan fingerprint density at radius 3 is 2.44 bits per heavy atom. The molecular formula is C13H18N2O. The highest BCUT2D eigenvalue weighted by molar-refractivity contribution is 5.82. The molecule has 0 atom stereocenters. The predicted molar refractivity (Wildman–Crippen MR) is 66.3 cm³/mol. The normalized spacial score (nSPS) is 17.6. The Hall–Kier alpha value is -1.35. The van der Waals surface area contributed by atoms with E-state index >= 15 is 0 Å². The third kappa shape index (κ3) is 2.83. The lowest BCUT2D eigenvalue weighted by molar-refractivity contribution is 0.0678. The molecule has 2 rings (SSSR count). The highest BCUT2D eigenvalue weighted by Gasteiger charge is 2.11. The Morgan fingerprint density at radius 2 is 1.81 bits per heavy atom. The third-order valence-corrected chi connectivity index (χ3v) is 2.79. The summed E-state index contributed by atoms with van der Waals surface area (Å²) in [6, 6.07) is 8.29. The summed E-state index contributed by atoms with van der Waals surface area (Å²) in [5, 5.41) is 0. The first-order valence-corrected chi connectivity index (χ1v) is 5.70. The fourth-order valence-electron chi connectivity index (χ4n) is 1.76. The molecule has 1 saturated heterocycles. The first-order valence-electron chi connectivity index (χ1n) is 5.70. The number of ether oxygens (including phenoxy) is 1. The van der Waals surface area contributed by atoms with Gasteiger partial charge in [0.05, 0.1) is 18.9 Å². The maximum Gasteiger partial charge on any atom is 0.102 e. The molecule has 0 N–H and O–H groups in total. The van der Waals surface area contributed by atoms with Crippen LogP contribution in [0.2, 0.25) is 0 Å². The summed E-state index contributed by atoms with van der Waals surface area (Å²) in [6.45, 7) is 7.65. The molecular weight excluding hydrogens is 200 g/mol. The van der Waals surface area contributed by atoms with Crippen LogP contribution >= 0.6 is 0 Å². The molecule has 0 aliphatic carbocycles. The Labute approximate surface area is 96.7 Å². The molecule has 3 heteroatoms. The van der Waals surface area contributed by atoms with Crippen LogP contribution in [-0.2, 0) is 4.74 Å². The van der Waals surface area contributed by atoms with E-state index in [2.05, 4.69) is 48.0 Å². The van der Waals surface area contributed by atoms with Crippen molar-refractivity contribution in [3.63, 3.8) is 0 Å². The van der Waals surface area contributed by atoms with Gasteiger partial charge in [-0.2, -0.15) is 0 Å². The zero-order valence-electron chi connectivity index (χ0n) is 9.94. The number of benzene rings is 1. The number of hydrogen-bond donors (Lipinski definition) is 0. The number of morpholine rings is 1. The summed E-state index contributed by atoms with van der Waals surface area (Å²) >= 11 is 0. The summed E-state index contributed by atoms with van der Waals surface area (Å²) in [7, 11) is 0. The highest BCUT2D eigenvalue weighted by atomic mass is 16.5. The van der Waals surface area contributed by atoms with Gasteiger partial charge in [0.15, 0.2) is 0 Å². The molecule has 0 saturated carbocycles. The Morgan fingerprint density at radius 1 is 1.19 bits per heavy atom. The Balaban J connectivity index is 2.07. The van der Waals surface area contributed by atoms with Gasteiger partial charge in [-0.1, -0.05) is 17.7 Å². The van der Waals surface area contributed by atoms with Crippen molar-refractivity contribution in [2.75, 3.05) is 26.3 Å². The summed E-state index contributed by atoms with van der Waals surface area (Å²) in [5.74, 6) is 1.08. The van der Waals surface area contributed by atoms with Gasteiger partial charge in [-0.15, -0.1) is 0 Å². The molecule has 1 aliphatic rings. The first kappa shape index (κ1) is 11.1. The molecule has 0 radical (unpaired) electrons. The van der Waals surface area contributed by atoms with Gasteiger partial charge < -0.3 is 9.64 Å². The van der Waals surface area contributed by atoms with Crippen LogP contribution in [0.1, 0.15) is 12.5 Å². The van der Waals surface area contributed by atoms with Crippen molar-refractivity contribution in [2.45, 2.75) is 13.8 Å². The van der Waals surface area contributed by atoms with Crippen LogP contribution in [0.25, 0.3) is 0 Å². The minimum Gasteiger partial charge on any atom is -0.378 e. The van der Waals surface area contributed by atoms with Gasteiger partial charge in [0, 0.05) is 13.1 Å². The lowest BCUT2D eigenvalue weighted by Crippen LogP contribution is -2.39. The summed E-state index contributed by atoms with van der Waals surface area (Å²) in [5.41, 5.74) is 2.29. The van der Waals surface area contributed by atoms with Gasteiger partial charge in [-0.3, -0.25) is 0 Å². The quantitative estimate of drug-likeness (QED) is 0.534. The Bertz CT molecular complexity index is 364. The minimum atomic E-state index is 0.806. The lowest BCUT2D eigenvalue weighted by atomic mass is 10.2. The van der Waals surface area contributed by atoms with E-state index in [0.29, 0.717) is 0 Å². The van der Waals surface area contributed by atoms with Crippen LogP contribution in [-0.4, -0.2) is 37.0 Å². The van der Waals surface area contributed by atoms with E-state index in [1.54, 1.807) is 0 Å². The second-order valence-electron chi connectivity index (χ2n) is 4.09. The molecule has 0 amide bonds. The van der Waals surface area contributed by atoms with E-state index in [9.17, 15) is 0 Å². The average molecular weight is 218 g/mol. The molecule has 3 nitrogen and oxygen atoms in total. The maximum absolute atomic E-state index is 5.32. The fourth-order valence-corrected chi connectivity index (χ4v) is 1.76.